The monoisotopic (exact) mass is 280 g/mol. The van der Waals surface area contributed by atoms with Crippen LogP contribution in [0.2, 0.25) is 0 Å². The highest BCUT2D eigenvalue weighted by Gasteiger charge is 2.21. The molecule has 0 amide bonds. The van der Waals surface area contributed by atoms with Crippen LogP contribution < -0.4 is 4.74 Å². The Morgan fingerprint density at radius 1 is 1.45 bits per heavy atom. The van der Waals surface area contributed by atoms with Crippen LogP contribution in [0.5, 0.6) is 5.75 Å². The predicted octanol–water partition coefficient (Wildman–Crippen LogP) is 1.82. The lowest BCUT2D eigenvalue weighted by Gasteiger charge is -2.34. The minimum absolute atomic E-state index is 0.0358. The minimum atomic E-state index is -0.431. The molecular weight excluding hydrogens is 260 g/mol. The first-order chi connectivity index (χ1) is 9.70. The van der Waals surface area contributed by atoms with Gasteiger partial charge in [0.15, 0.2) is 0 Å². The molecule has 1 aromatic carbocycles. The molecule has 1 fully saturated rings. The molecule has 20 heavy (non-hydrogen) atoms. The van der Waals surface area contributed by atoms with E-state index in [2.05, 4.69) is 4.90 Å². The Kier molecular flexibility index (Phi) is 5.31. The molecule has 0 aliphatic carbocycles. The molecule has 0 unspecified atom stereocenters. The van der Waals surface area contributed by atoms with Crippen LogP contribution in [0, 0.1) is 10.1 Å². The van der Waals surface area contributed by atoms with Gasteiger partial charge >= 0.3 is 0 Å². The van der Waals surface area contributed by atoms with E-state index in [1.54, 1.807) is 12.1 Å². The maximum absolute atomic E-state index is 10.7. The van der Waals surface area contributed by atoms with Gasteiger partial charge < -0.3 is 9.84 Å². The third-order valence-corrected chi connectivity index (χ3v) is 3.64. The molecule has 0 aromatic heterocycles. The summed E-state index contributed by atoms with van der Waals surface area (Å²) in [6, 6.07) is 6.42. The molecule has 0 saturated carbocycles. The van der Waals surface area contributed by atoms with Crippen LogP contribution in [0.25, 0.3) is 0 Å². The highest BCUT2D eigenvalue weighted by atomic mass is 16.6. The Hall–Kier alpha value is -1.66. The topological polar surface area (TPSA) is 75.8 Å². The predicted molar refractivity (Wildman–Crippen MR) is 74.9 cm³/mol. The molecule has 6 heteroatoms. The maximum Gasteiger partial charge on any atom is 0.273 e. The second-order valence-corrected chi connectivity index (χ2v) is 4.97. The third kappa shape index (κ3) is 3.91. The number of aliphatic hydroxyl groups is 1. The molecule has 6 nitrogen and oxygen atoms in total. The van der Waals surface area contributed by atoms with Crippen LogP contribution in [-0.4, -0.2) is 47.3 Å². The number of hydrogen-bond donors (Lipinski definition) is 1. The zero-order valence-electron chi connectivity index (χ0n) is 11.4. The Morgan fingerprint density at radius 2 is 2.30 bits per heavy atom. The van der Waals surface area contributed by atoms with Gasteiger partial charge in [-0.25, -0.2) is 0 Å². The highest BCUT2D eigenvalue weighted by Crippen LogP contribution is 2.20. The number of piperidine rings is 1. The molecule has 1 N–H and O–H groups in total. The summed E-state index contributed by atoms with van der Waals surface area (Å²) in [4.78, 5) is 12.5. The minimum Gasteiger partial charge on any atom is -0.492 e. The van der Waals surface area contributed by atoms with E-state index in [9.17, 15) is 15.2 Å². The van der Waals surface area contributed by atoms with Crippen LogP contribution >= 0.6 is 0 Å². The van der Waals surface area contributed by atoms with Crippen LogP contribution in [0.3, 0.4) is 0 Å². The Labute approximate surface area is 118 Å². The second kappa shape index (κ2) is 7.21. The Morgan fingerprint density at radius 3 is 3.05 bits per heavy atom. The normalized spacial score (nSPS) is 19.8. The summed E-state index contributed by atoms with van der Waals surface area (Å²) < 4.78 is 5.56. The number of nitro groups is 1. The molecule has 0 radical (unpaired) electrons. The fraction of sp³-hybridized carbons (Fsp3) is 0.571. The Bertz CT molecular complexity index is 453. The first-order valence-corrected chi connectivity index (χ1v) is 6.93. The van der Waals surface area contributed by atoms with Crippen molar-refractivity contribution in [3.05, 3.63) is 34.4 Å². The van der Waals surface area contributed by atoms with Gasteiger partial charge in [-0.1, -0.05) is 12.5 Å². The van der Waals surface area contributed by atoms with Gasteiger partial charge in [0.05, 0.1) is 17.6 Å². The van der Waals surface area contributed by atoms with E-state index in [4.69, 9.17) is 4.74 Å². The molecule has 1 saturated heterocycles. The number of nitro benzene ring substituents is 1. The number of aliphatic hydroxyl groups excluding tert-OH is 1. The second-order valence-electron chi connectivity index (χ2n) is 4.97. The molecule has 2 rings (SSSR count). The van der Waals surface area contributed by atoms with Gasteiger partial charge in [-0.15, -0.1) is 0 Å². The number of ether oxygens (including phenoxy) is 1. The number of nitrogens with zero attached hydrogens (tertiary/aromatic N) is 2. The molecule has 0 bridgehead atoms. The van der Waals surface area contributed by atoms with Crippen LogP contribution in [0.1, 0.15) is 19.3 Å². The SMILES string of the molecule is O=[N+]([O-])c1cccc(OCCN2CCCC[C@@H]2CO)c1. The van der Waals surface area contributed by atoms with Gasteiger partial charge in [0, 0.05) is 18.7 Å². The quantitative estimate of drug-likeness (QED) is 0.635. The lowest BCUT2D eigenvalue weighted by Crippen LogP contribution is -2.43. The third-order valence-electron chi connectivity index (χ3n) is 3.64. The van der Waals surface area contributed by atoms with E-state index in [1.165, 1.54) is 12.1 Å². The van der Waals surface area contributed by atoms with E-state index in [0.29, 0.717) is 12.4 Å². The van der Waals surface area contributed by atoms with Crippen molar-refractivity contribution in [3.8, 4) is 5.75 Å². The summed E-state index contributed by atoms with van der Waals surface area (Å²) in [5.74, 6) is 0.511. The first kappa shape index (κ1) is 14.7. The molecule has 0 spiro atoms. The van der Waals surface area contributed by atoms with E-state index in [0.717, 1.165) is 32.4 Å². The summed E-state index contributed by atoms with van der Waals surface area (Å²) in [5.41, 5.74) is 0.0358. The van der Waals surface area contributed by atoms with E-state index in [1.807, 2.05) is 0 Å². The summed E-state index contributed by atoms with van der Waals surface area (Å²) in [6.07, 6.45) is 3.33. The van der Waals surface area contributed by atoms with E-state index >= 15 is 0 Å². The van der Waals surface area contributed by atoms with Crippen molar-refractivity contribution in [1.29, 1.82) is 0 Å². The Balaban J connectivity index is 1.83. The lowest BCUT2D eigenvalue weighted by molar-refractivity contribution is -0.384. The van der Waals surface area contributed by atoms with Gasteiger partial charge in [-0.05, 0) is 25.5 Å². The average Bonchev–Trinajstić information content (AvgIpc) is 2.48. The highest BCUT2D eigenvalue weighted by molar-refractivity contribution is 5.37. The van der Waals surface area contributed by atoms with Gasteiger partial charge in [-0.2, -0.15) is 0 Å². The number of hydrogen-bond acceptors (Lipinski definition) is 5. The molecule has 1 aliphatic heterocycles. The van der Waals surface area contributed by atoms with Crippen molar-refractivity contribution in [2.75, 3.05) is 26.3 Å². The van der Waals surface area contributed by atoms with Crippen molar-refractivity contribution >= 4 is 5.69 Å². The maximum atomic E-state index is 10.7. The summed E-state index contributed by atoms with van der Waals surface area (Å²) in [6.45, 7) is 2.35. The fourth-order valence-corrected chi connectivity index (χ4v) is 2.53. The van der Waals surface area contributed by atoms with E-state index in [-0.39, 0.29) is 18.3 Å². The van der Waals surface area contributed by atoms with Crippen LogP contribution in [0.4, 0.5) is 5.69 Å². The zero-order chi connectivity index (χ0) is 14.4. The van der Waals surface area contributed by atoms with Crippen molar-refractivity contribution in [2.24, 2.45) is 0 Å². The molecule has 1 aliphatic rings. The summed E-state index contributed by atoms with van der Waals surface area (Å²) in [5, 5.41) is 20.0. The summed E-state index contributed by atoms with van der Waals surface area (Å²) in [7, 11) is 0. The van der Waals surface area contributed by atoms with Gasteiger partial charge in [-0.3, -0.25) is 15.0 Å². The number of non-ortho nitro benzene ring substituents is 1. The van der Waals surface area contributed by atoms with Gasteiger partial charge in [0.25, 0.3) is 5.69 Å². The van der Waals surface area contributed by atoms with Crippen LogP contribution in [-0.2, 0) is 0 Å². The number of rotatable bonds is 6. The zero-order valence-corrected chi connectivity index (χ0v) is 11.4. The largest absolute Gasteiger partial charge is 0.492 e. The lowest BCUT2D eigenvalue weighted by atomic mass is 10.0. The molecule has 110 valence electrons. The fourth-order valence-electron chi connectivity index (χ4n) is 2.53. The van der Waals surface area contributed by atoms with E-state index < -0.39 is 4.92 Å². The smallest absolute Gasteiger partial charge is 0.273 e. The number of benzene rings is 1. The van der Waals surface area contributed by atoms with Gasteiger partial charge in [0.2, 0.25) is 0 Å². The van der Waals surface area contributed by atoms with Crippen LogP contribution in [0.15, 0.2) is 24.3 Å². The number of likely N-dealkylation sites (tertiary alicyclic amines) is 1. The van der Waals surface area contributed by atoms with Crippen molar-refractivity contribution < 1.29 is 14.8 Å². The van der Waals surface area contributed by atoms with Gasteiger partial charge in [0.1, 0.15) is 12.4 Å². The average molecular weight is 280 g/mol. The molecule has 1 heterocycles. The van der Waals surface area contributed by atoms with Crippen molar-refractivity contribution in [1.82, 2.24) is 4.90 Å². The van der Waals surface area contributed by atoms with Crippen molar-refractivity contribution in [3.63, 3.8) is 0 Å². The van der Waals surface area contributed by atoms with Crippen molar-refractivity contribution in [2.45, 2.75) is 25.3 Å². The molecule has 1 aromatic rings. The molecular formula is C14H20N2O4. The standard InChI is InChI=1S/C14H20N2O4/c17-11-13-4-1-2-7-15(13)8-9-20-14-6-3-5-12(10-14)16(18)19/h3,5-6,10,13,17H,1-2,4,7-9,11H2/t13-/m1/s1. The summed E-state index contributed by atoms with van der Waals surface area (Å²) >= 11 is 0. The first-order valence-electron chi connectivity index (χ1n) is 6.93. The molecule has 1 atom stereocenters.